The first-order valence-corrected chi connectivity index (χ1v) is 14.7. The molecule has 0 aromatic heterocycles. The van der Waals surface area contributed by atoms with Gasteiger partial charge in [-0.3, -0.25) is 9.59 Å². The van der Waals surface area contributed by atoms with Crippen molar-refractivity contribution >= 4 is 11.9 Å². The van der Waals surface area contributed by atoms with Crippen LogP contribution in [0.4, 0.5) is 0 Å². The summed E-state index contributed by atoms with van der Waals surface area (Å²) in [5.74, 6) is 1.56. The Hall–Kier alpha value is -2.10. The number of carbonyl (C=O) groups is 2. The lowest BCUT2D eigenvalue weighted by Gasteiger charge is -2.24. The van der Waals surface area contributed by atoms with Crippen LogP contribution in [0.15, 0.2) is 46.6 Å². The Morgan fingerprint density at radius 2 is 0.895 bits per heavy atom. The van der Waals surface area contributed by atoms with E-state index >= 15 is 0 Å². The minimum atomic E-state index is -0.113. The van der Waals surface area contributed by atoms with E-state index in [2.05, 4.69) is 79.7 Å². The number of methoxy groups -OCH3 is 2. The normalized spacial score (nSPS) is 15.2. The molecule has 4 nitrogen and oxygen atoms in total. The zero-order chi connectivity index (χ0) is 29.1. The second-order valence-electron chi connectivity index (χ2n) is 11.6. The van der Waals surface area contributed by atoms with E-state index < -0.39 is 0 Å². The highest BCUT2D eigenvalue weighted by molar-refractivity contribution is 5.69. The molecule has 4 unspecified atom stereocenters. The SMILES string of the molecule is COC(=O)CCCCCC(C=C(C)C)/C=C(/C)C(C)C(C)/C(C)=C/C(C=C(C)C)CCCCCC(=O)OC. The summed E-state index contributed by atoms with van der Waals surface area (Å²) < 4.78 is 9.51. The summed E-state index contributed by atoms with van der Waals surface area (Å²) >= 11 is 0. The molecule has 0 N–H and O–H groups in total. The Labute approximate surface area is 235 Å². The number of hydrogen-bond acceptors (Lipinski definition) is 4. The monoisotopic (exact) mass is 530 g/mol. The number of rotatable bonds is 19. The third-order valence-corrected chi connectivity index (χ3v) is 7.53. The summed E-state index contributed by atoms with van der Waals surface area (Å²) in [6.07, 6.45) is 19.1. The van der Waals surface area contributed by atoms with Crippen LogP contribution in [0.5, 0.6) is 0 Å². The molecule has 0 fully saturated rings. The molecular weight excluding hydrogens is 472 g/mol. The van der Waals surface area contributed by atoms with Gasteiger partial charge in [0.05, 0.1) is 14.2 Å². The van der Waals surface area contributed by atoms with Crippen LogP contribution < -0.4 is 0 Å². The van der Waals surface area contributed by atoms with Crippen LogP contribution in [-0.4, -0.2) is 26.2 Å². The summed E-state index contributed by atoms with van der Waals surface area (Å²) in [7, 11) is 2.91. The van der Waals surface area contributed by atoms with Crippen molar-refractivity contribution in [1.82, 2.24) is 0 Å². The largest absolute Gasteiger partial charge is 0.469 e. The molecule has 0 aromatic rings. The number of hydrogen-bond donors (Lipinski definition) is 0. The van der Waals surface area contributed by atoms with Gasteiger partial charge in [0.1, 0.15) is 0 Å². The predicted octanol–water partition coefficient (Wildman–Crippen LogP) is 9.56. The van der Waals surface area contributed by atoms with E-state index in [1.807, 2.05) is 0 Å². The van der Waals surface area contributed by atoms with Crippen molar-refractivity contribution in [3.63, 3.8) is 0 Å². The minimum absolute atomic E-state index is 0.113. The number of carbonyl (C=O) groups excluding carboxylic acids is 2. The maximum atomic E-state index is 11.4. The average Bonchev–Trinajstić information content (AvgIpc) is 2.85. The molecule has 0 rings (SSSR count). The molecule has 0 radical (unpaired) electrons. The van der Waals surface area contributed by atoms with E-state index in [0.29, 0.717) is 36.5 Å². The third kappa shape index (κ3) is 17.4. The number of unbranched alkanes of at least 4 members (excludes halogenated alkanes) is 4. The van der Waals surface area contributed by atoms with Crippen molar-refractivity contribution in [1.29, 1.82) is 0 Å². The summed E-state index contributed by atoms with van der Waals surface area (Å²) in [6, 6.07) is 0. The highest BCUT2D eigenvalue weighted by atomic mass is 16.5. The van der Waals surface area contributed by atoms with Crippen LogP contribution in [-0.2, 0) is 19.1 Å². The number of ether oxygens (including phenoxy) is 2. The standard InChI is InChI=1S/C34H58O4/c1-25(2)21-31(17-13-11-15-19-33(35)37-9)23-27(5)29(7)30(8)28(6)24-32(22-26(3)4)18-14-12-16-20-34(36)38-10/h21-24,29-32H,11-20H2,1-10H3/b27-23-,28-24+. The van der Waals surface area contributed by atoms with Crippen LogP contribution in [0.2, 0.25) is 0 Å². The van der Waals surface area contributed by atoms with Crippen molar-refractivity contribution in [2.45, 2.75) is 120 Å². The van der Waals surface area contributed by atoms with Gasteiger partial charge in [0.15, 0.2) is 0 Å². The first-order valence-electron chi connectivity index (χ1n) is 14.7. The summed E-state index contributed by atoms with van der Waals surface area (Å²) in [5, 5.41) is 0. The topological polar surface area (TPSA) is 52.6 Å². The molecular formula is C34H58O4. The van der Waals surface area contributed by atoms with E-state index in [-0.39, 0.29) is 11.9 Å². The number of esters is 2. The Bertz CT molecular complexity index is 738. The van der Waals surface area contributed by atoms with Gasteiger partial charge >= 0.3 is 11.9 Å². The fraction of sp³-hybridized carbons (Fsp3) is 0.706. The molecule has 218 valence electrons. The van der Waals surface area contributed by atoms with Crippen LogP contribution >= 0.6 is 0 Å². The van der Waals surface area contributed by atoms with Gasteiger partial charge in [-0.2, -0.15) is 0 Å². The third-order valence-electron chi connectivity index (χ3n) is 7.53. The van der Waals surface area contributed by atoms with Gasteiger partial charge in [0.25, 0.3) is 0 Å². The highest BCUT2D eigenvalue weighted by Gasteiger charge is 2.18. The van der Waals surface area contributed by atoms with Crippen LogP contribution in [0, 0.1) is 23.7 Å². The average molecular weight is 531 g/mol. The van der Waals surface area contributed by atoms with Gasteiger partial charge in [-0.1, -0.05) is 86.1 Å². The fourth-order valence-electron chi connectivity index (χ4n) is 4.91. The zero-order valence-corrected chi connectivity index (χ0v) is 26.3. The van der Waals surface area contributed by atoms with Gasteiger partial charge in [-0.25, -0.2) is 0 Å². The molecule has 0 heterocycles. The summed E-state index contributed by atoms with van der Waals surface area (Å²) in [5.41, 5.74) is 5.59. The Kier molecular flexibility index (Phi) is 19.7. The van der Waals surface area contributed by atoms with Gasteiger partial charge < -0.3 is 9.47 Å². The van der Waals surface area contributed by atoms with Crippen molar-refractivity contribution in [2.75, 3.05) is 14.2 Å². The molecule has 0 bridgehead atoms. The fourth-order valence-corrected chi connectivity index (χ4v) is 4.91. The Balaban J connectivity index is 5.21. The molecule has 38 heavy (non-hydrogen) atoms. The van der Waals surface area contributed by atoms with Crippen LogP contribution in [0.1, 0.15) is 120 Å². The number of allylic oxidation sites excluding steroid dienone is 8. The van der Waals surface area contributed by atoms with E-state index in [9.17, 15) is 9.59 Å². The van der Waals surface area contributed by atoms with Gasteiger partial charge in [-0.05, 0) is 90.9 Å². The van der Waals surface area contributed by atoms with E-state index in [1.54, 1.807) is 0 Å². The lowest BCUT2D eigenvalue weighted by atomic mass is 9.81. The minimum Gasteiger partial charge on any atom is -0.469 e. The molecule has 0 aliphatic rings. The van der Waals surface area contributed by atoms with Crippen molar-refractivity contribution in [3.05, 3.63) is 46.6 Å². The van der Waals surface area contributed by atoms with Crippen LogP contribution in [0.3, 0.4) is 0 Å². The van der Waals surface area contributed by atoms with Gasteiger partial charge in [0.2, 0.25) is 0 Å². The lowest BCUT2D eigenvalue weighted by Crippen LogP contribution is -2.13. The Morgan fingerprint density at radius 3 is 1.18 bits per heavy atom. The van der Waals surface area contributed by atoms with Crippen molar-refractivity contribution < 1.29 is 19.1 Å². The van der Waals surface area contributed by atoms with Crippen molar-refractivity contribution in [3.8, 4) is 0 Å². The molecule has 0 aliphatic carbocycles. The van der Waals surface area contributed by atoms with Gasteiger partial charge in [-0.15, -0.1) is 0 Å². The quantitative estimate of drug-likeness (QED) is 0.0947. The molecule has 0 spiro atoms. The second-order valence-corrected chi connectivity index (χ2v) is 11.6. The van der Waals surface area contributed by atoms with E-state index in [0.717, 1.165) is 51.4 Å². The Morgan fingerprint density at radius 1 is 0.553 bits per heavy atom. The molecule has 0 aromatic carbocycles. The van der Waals surface area contributed by atoms with E-state index in [1.165, 1.54) is 36.5 Å². The highest BCUT2D eigenvalue weighted by Crippen LogP contribution is 2.30. The zero-order valence-electron chi connectivity index (χ0n) is 26.3. The first kappa shape index (κ1) is 35.9. The van der Waals surface area contributed by atoms with Gasteiger partial charge in [0, 0.05) is 12.8 Å². The van der Waals surface area contributed by atoms with Crippen molar-refractivity contribution in [2.24, 2.45) is 23.7 Å². The molecule has 0 saturated heterocycles. The smallest absolute Gasteiger partial charge is 0.305 e. The van der Waals surface area contributed by atoms with E-state index in [4.69, 9.17) is 9.47 Å². The lowest BCUT2D eigenvalue weighted by molar-refractivity contribution is -0.141. The predicted molar refractivity (Wildman–Crippen MR) is 162 cm³/mol. The first-order chi connectivity index (χ1) is 17.9. The molecule has 4 atom stereocenters. The van der Waals surface area contributed by atoms with Crippen LogP contribution in [0.25, 0.3) is 0 Å². The maximum absolute atomic E-state index is 11.4. The summed E-state index contributed by atoms with van der Waals surface area (Å²) in [4.78, 5) is 22.7. The summed E-state index contributed by atoms with van der Waals surface area (Å²) in [6.45, 7) is 18.0. The molecule has 0 amide bonds. The molecule has 0 saturated carbocycles. The second kappa shape index (κ2) is 20.8. The maximum Gasteiger partial charge on any atom is 0.305 e. The molecule has 0 aliphatic heterocycles. The molecule has 4 heteroatoms.